The predicted octanol–water partition coefficient (Wildman–Crippen LogP) is 4.75. The van der Waals surface area contributed by atoms with E-state index in [-0.39, 0.29) is 0 Å². The van der Waals surface area contributed by atoms with Crippen molar-refractivity contribution in [1.29, 1.82) is 0 Å². The second-order valence-corrected chi connectivity index (χ2v) is 7.77. The maximum absolute atomic E-state index is 12.1. The van der Waals surface area contributed by atoms with Gasteiger partial charge in [0.15, 0.2) is 0 Å². The van der Waals surface area contributed by atoms with Crippen LogP contribution in [0.2, 0.25) is 0 Å². The van der Waals surface area contributed by atoms with Gasteiger partial charge < -0.3 is 9.47 Å². The molecule has 0 fully saturated rings. The minimum atomic E-state index is -0.593. The van der Waals surface area contributed by atoms with E-state index in [1.54, 1.807) is 59.7 Å². The Morgan fingerprint density at radius 2 is 1.50 bits per heavy atom. The minimum Gasteiger partial charge on any atom is -0.456 e. The molecule has 1 amide bonds. The van der Waals surface area contributed by atoms with Crippen molar-refractivity contribution in [3.63, 3.8) is 0 Å². The Morgan fingerprint density at radius 1 is 0.955 bits per heavy atom. The number of esters is 1. The third kappa shape index (κ3) is 6.93. The van der Waals surface area contributed by atoms with Gasteiger partial charge in [-0.05, 0) is 59.7 Å². The maximum Gasteiger partial charge on any atom is 0.412 e. The normalized spacial score (nSPS) is 11.8. The van der Waals surface area contributed by atoms with E-state index in [2.05, 4.69) is 21.2 Å². The molecule has 0 heterocycles. The fourth-order valence-electron chi connectivity index (χ4n) is 1.54. The smallest absolute Gasteiger partial charge is 0.412 e. The van der Waals surface area contributed by atoms with Gasteiger partial charge in [-0.3, -0.25) is 5.32 Å². The summed E-state index contributed by atoms with van der Waals surface area (Å²) in [6.45, 7) is 10.7. The number of nitrogens with one attached hydrogen (secondary N) is 1. The number of amides is 1. The lowest BCUT2D eigenvalue weighted by molar-refractivity contribution is 0.00691. The van der Waals surface area contributed by atoms with Crippen LogP contribution in [0.4, 0.5) is 10.5 Å². The third-order valence-electron chi connectivity index (χ3n) is 2.18. The van der Waals surface area contributed by atoms with E-state index in [9.17, 15) is 9.59 Å². The average molecular weight is 372 g/mol. The fraction of sp³-hybridized carbons (Fsp3) is 0.500. The summed E-state index contributed by atoms with van der Waals surface area (Å²) in [6, 6.07) is 4.86. The molecule has 1 aromatic carbocycles. The molecule has 0 aromatic heterocycles. The topological polar surface area (TPSA) is 64.6 Å². The number of halogens is 1. The quantitative estimate of drug-likeness (QED) is 0.761. The second kappa shape index (κ2) is 6.69. The van der Waals surface area contributed by atoms with Crippen molar-refractivity contribution in [2.75, 3.05) is 5.32 Å². The summed E-state index contributed by atoms with van der Waals surface area (Å²) >= 11 is 3.31. The third-order valence-corrected chi connectivity index (χ3v) is 2.64. The average Bonchev–Trinajstić information content (AvgIpc) is 2.22. The summed E-state index contributed by atoms with van der Waals surface area (Å²) in [5.41, 5.74) is -0.387. The molecular formula is C16H22BrNO4. The van der Waals surface area contributed by atoms with E-state index in [0.29, 0.717) is 15.7 Å². The standard InChI is InChI=1S/C16H22BrNO4/c1-15(2,3)21-13(19)10-7-11(17)9-12(8-10)18-14(20)22-16(4,5)6/h7-9H,1-6H3,(H,18,20). The summed E-state index contributed by atoms with van der Waals surface area (Å²) < 4.78 is 11.2. The van der Waals surface area contributed by atoms with Gasteiger partial charge >= 0.3 is 12.1 Å². The molecule has 0 aliphatic heterocycles. The molecule has 0 aliphatic rings. The molecule has 0 unspecified atom stereocenters. The zero-order chi connectivity index (χ0) is 17.1. The molecule has 0 bridgehead atoms. The highest BCUT2D eigenvalue weighted by atomic mass is 79.9. The number of ether oxygens (including phenoxy) is 2. The number of anilines is 1. The molecule has 0 atom stereocenters. The van der Waals surface area contributed by atoms with Gasteiger partial charge in [0.1, 0.15) is 11.2 Å². The van der Waals surface area contributed by atoms with Crippen LogP contribution < -0.4 is 5.32 Å². The van der Waals surface area contributed by atoms with Crippen molar-refractivity contribution in [3.05, 3.63) is 28.2 Å². The number of carbonyl (C=O) groups is 2. The SMILES string of the molecule is CC(C)(C)OC(=O)Nc1cc(Br)cc(C(=O)OC(C)(C)C)c1. The van der Waals surface area contributed by atoms with Crippen LogP contribution in [-0.4, -0.2) is 23.3 Å². The lowest BCUT2D eigenvalue weighted by Gasteiger charge is -2.21. The molecule has 1 rings (SSSR count). The molecule has 0 saturated carbocycles. The Kier molecular flexibility index (Phi) is 5.62. The lowest BCUT2D eigenvalue weighted by atomic mass is 10.1. The summed E-state index contributed by atoms with van der Waals surface area (Å²) in [6.07, 6.45) is -0.583. The summed E-state index contributed by atoms with van der Waals surface area (Å²) in [5, 5.41) is 2.60. The van der Waals surface area contributed by atoms with E-state index >= 15 is 0 Å². The molecule has 0 saturated heterocycles. The van der Waals surface area contributed by atoms with Crippen LogP contribution in [0.25, 0.3) is 0 Å². The van der Waals surface area contributed by atoms with Gasteiger partial charge in [-0.2, -0.15) is 0 Å². The van der Waals surface area contributed by atoms with Crippen molar-refractivity contribution >= 4 is 33.7 Å². The predicted molar refractivity (Wildman–Crippen MR) is 89.2 cm³/mol. The van der Waals surface area contributed by atoms with Crippen LogP contribution in [0.3, 0.4) is 0 Å². The first-order valence-electron chi connectivity index (χ1n) is 6.90. The molecule has 0 radical (unpaired) electrons. The Bertz CT molecular complexity index is 570. The van der Waals surface area contributed by atoms with Crippen LogP contribution in [0, 0.1) is 0 Å². The highest BCUT2D eigenvalue weighted by Crippen LogP contribution is 2.22. The van der Waals surface area contributed by atoms with Gasteiger partial charge in [0.2, 0.25) is 0 Å². The number of rotatable bonds is 2. The molecule has 0 aliphatic carbocycles. The summed E-state index contributed by atoms with van der Waals surface area (Å²) in [4.78, 5) is 23.9. The highest BCUT2D eigenvalue weighted by molar-refractivity contribution is 9.10. The Labute approximate surface area is 139 Å². The zero-order valence-electron chi connectivity index (χ0n) is 13.7. The van der Waals surface area contributed by atoms with Crippen LogP contribution in [-0.2, 0) is 9.47 Å². The molecule has 0 spiro atoms. The number of benzene rings is 1. The van der Waals surface area contributed by atoms with Crippen molar-refractivity contribution < 1.29 is 19.1 Å². The largest absolute Gasteiger partial charge is 0.456 e. The van der Waals surface area contributed by atoms with E-state index in [0.717, 1.165) is 0 Å². The second-order valence-electron chi connectivity index (χ2n) is 6.86. The van der Waals surface area contributed by atoms with Crippen LogP contribution in [0.5, 0.6) is 0 Å². The van der Waals surface area contributed by atoms with Crippen molar-refractivity contribution in [2.24, 2.45) is 0 Å². The first-order chi connectivity index (χ1) is 9.85. The number of carbonyl (C=O) groups excluding carboxylic acids is 2. The number of hydrogen-bond donors (Lipinski definition) is 1. The minimum absolute atomic E-state index is 0.343. The van der Waals surface area contributed by atoms with E-state index in [1.165, 1.54) is 0 Å². The van der Waals surface area contributed by atoms with Crippen molar-refractivity contribution in [1.82, 2.24) is 0 Å². The molecule has 6 heteroatoms. The van der Waals surface area contributed by atoms with Crippen molar-refractivity contribution in [2.45, 2.75) is 52.7 Å². The molecule has 22 heavy (non-hydrogen) atoms. The molecule has 1 N–H and O–H groups in total. The number of hydrogen-bond acceptors (Lipinski definition) is 4. The first kappa shape index (κ1) is 18.5. The Balaban J connectivity index is 2.91. The van der Waals surface area contributed by atoms with Gasteiger partial charge in [-0.15, -0.1) is 0 Å². The van der Waals surface area contributed by atoms with Gasteiger partial charge in [0.05, 0.1) is 5.56 Å². The highest BCUT2D eigenvalue weighted by Gasteiger charge is 2.20. The van der Waals surface area contributed by atoms with E-state index < -0.39 is 23.3 Å². The van der Waals surface area contributed by atoms with Gasteiger partial charge in [0, 0.05) is 10.2 Å². The van der Waals surface area contributed by atoms with Gasteiger partial charge in [-0.1, -0.05) is 15.9 Å². The fourth-order valence-corrected chi connectivity index (χ4v) is 2.03. The van der Waals surface area contributed by atoms with Gasteiger partial charge in [0.25, 0.3) is 0 Å². The van der Waals surface area contributed by atoms with E-state index in [1.807, 2.05) is 0 Å². The molecule has 5 nitrogen and oxygen atoms in total. The first-order valence-corrected chi connectivity index (χ1v) is 7.69. The zero-order valence-corrected chi connectivity index (χ0v) is 15.3. The summed E-state index contributed by atoms with van der Waals surface area (Å²) in [5.74, 6) is -0.457. The molecule has 122 valence electrons. The van der Waals surface area contributed by atoms with Crippen molar-refractivity contribution in [3.8, 4) is 0 Å². The molecule has 1 aromatic rings. The summed E-state index contributed by atoms with van der Waals surface area (Å²) in [7, 11) is 0. The Morgan fingerprint density at radius 3 is 2.00 bits per heavy atom. The molecular weight excluding hydrogens is 350 g/mol. The van der Waals surface area contributed by atoms with Crippen LogP contribution in [0.15, 0.2) is 22.7 Å². The van der Waals surface area contributed by atoms with Crippen LogP contribution in [0.1, 0.15) is 51.9 Å². The van der Waals surface area contributed by atoms with Crippen LogP contribution >= 0.6 is 15.9 Å². The lowest BCUT2D eigenvalue weighted by Crippen LogP contribution is -2.27. The monoisotopic (exact) mass is 371 g/mol. The van der Waals surface area contributed by atoms with E-state index in [4.69, 9.17) is 9.47 Å². The maximum atomic E-state index is 12.1. The Hall–Kier alpha value is -1.56. The van der Waals surface area contributed by atoms with Gasteiger partial charge in [-0.25, -0.2) is 9.59 Å².